The molecule has 0 amide bonds. The highest BCUT2D eigenvalue weighted by atomic mass is 28.3. The average molecular weight is 267 g/mol. The number of imidazole rings is 1. The highest BCUT2D eigenvalue weighted by Crippen LogP contribution is 2.29. The normalized spacial score (nSPS) is 12.0. The van der Waals surface area contributed by atoms with Gasteiger partial charge in [0, 0.05) is 18.8 Å². The summed E-state index contributed by atoms with van der Waals surface area (Å²) in [6.45, 7) is 9.26. The Morgan fingerprint density at radius 2 is 1.50 bits per heavy atom. The van der Waals surface area contributed by atoms with Gasteiger partial charge in [0.1, 0.15) is 5.82 Å². The third kappa shape index (κ3) is 3.47. The molecule has 1 rings (SSSR count). The van der Waals surface area contributed by atoms with Crippen LogP contribution in [0.25, 0.3) is 0 Å². The molecule has 1 aromatic heterocycles. The summed E-state index contributed by atoms with van der Waals surface area (Å²) < 4.78 is 2.65. The van der Waals surface area contributed by atoms with Crippen molar-refractivity contribution in [1.29, 1.82) is 0 Å². The van der Waals surface area contributed by atoms with E-state index in [0.717, 1.165) is 6.42 Å². The zero-order valence-electron chi connectivity index (χ0n) is 12.7. The van der Waals surface area contributed by atoms with Crippen molar-refractivity contribution in [2.75, 3.05) is 0 Å². The van der Waals surface area contributed by atoms with Crippen LogP contribution in [-0.4, -0.2) is 17.5 Å². The summed E-state index contributed by atoms with van der Waals surface area (Å²) in [5.41, 5.74) is 0. The lowest BCUT2D eigenvalue weighted by molar-refractivity contribution is 0.790. The summed E-state index contributed by atoms with van der Waals surface area (Å²) >= 11 is 0. The molecule has 1 aromatic rings. The fraction of sp³-hybridized carbons (Fsp3) is 0.800. The molecule has 0 N–H and O–H groups in total. The van der Waals surface area contributed by atoms with Gasteiger partial charge in [0.15, 0.2) is 8.24 Å². The molecule has 0 unspecified atom stereocenters. The van der Waals surface area contributed by atoms with Crippen molar-refractivity contribution in [2.45, 2.75) is 77.9 Å². The van der Waals surface area contributed by atoms with E-state index in [1.165, 1.54) is 49.6 Å². The quantitative estimate of drug-likeness (QED) is 0.584. The van der Waals surface area contributed by atoms with Gasteiger partial charge in [-0.15, -0.1) is 0 Å². The lowest BCUT2D eigenvalue weighted by atomic mass is 10.3. The average Bonchev–Trinajstić information content (AvgIpc) is 2.79. The Morgan fingerprint density at radius 1 is 0.944 bits per heavy atom. The van der Waals surface area contributed by atoms with E-state index in [2.05, 4.69) is 43.1 Å². The molecule has 0 aromatic carbocycles. The molecule has 0 bridgehead atoms. The van der Waals surface area contributed by atoms with Crippen LogP contribution in [0.3, 0.4) is 0 Å². The maximum atomic E-state index is 4.62. The second-order valence-corrected chi connectivity index (χ2v) is 9.87. The van der Waals surface area contributed by atoms with E-state index in [-0.39, 0.29) is 0 Å². The first kappa shape index (κ1) is 15.5. The number of aromatic nitrogens is 2. The van der Waals surface area contributed by atoms with Gasteiger partial charge in [0.2, 0.25) is 0 Å². The number of aryl methyl sites for hydroxylation is 1. The number of rotatable bonds is 9. The minimum atomic E-state index is -1.35. The van der Waals surface area contributed by atoms with Crippen molar-refractivity contribution in [3.05, 3.63) is 18.2 Å². The second kappa shape index (κ2) is 7.77. The molecule has 0 aliphatic rings. The Hall–Kier alpha value is -0.573. The number of hydrogen-bond acceptors (Lipinski definition) is 1. The molecule has 0 fully saturated rings. The first-order valence-corrected chi connectivity index (χ1v) is 10.3. The molecule has 0 atom stereocenters. The van der Waals surface area contributed by atoms with Gasteiger partial charge in [-0.1, -0.05) is 47.0 Å². The van der Waals surface area contributed by atoms with E-state index in [1.54, 1.807) is 0 Å². The predicted molar refractivity (Wildman–Crippen MR) is 82.7 cm³/mol. The molecule has 104 valence electrons. The molecule has 0 saturated heterocycles. The number of hydrogen-bond donors (Lipinski definition) is 0. The molecule has 2 nitrogen and oxygen atoms in total. The van der Waals surface area contributed by atoms with Crippen molar-refractivity contribution < 1.29 is 0 Å². The van der Waals surface area contributed by atoms with Gasteiger partial charge in [-0.3, -0.25) is 0 Å². The lowest BCUT2D eigenvalue weighted by Gasteiger charge is -2.34. The van der Waals surface area contributed by atoms with Crippen LogP contribution < -0.4 is 0 Å². The van der Waals surface area contributed by atoms with E-state index in [9.17, 15) is 0 Å². The fourth-order valence-corrected chi connectivity index (χ4v) is 8.67. The highest BCUT2D eigenvalue weighted by Gasteiger charge is 2.34. The maximum absolute atomic E-state index is 4.62. The first-order chi connectivity index (χ1) is 8.74. The zero-order chi connectivity index (χ0) is 13.4. The molecule has 3 heteroatoms. The largest absolute Gasteiger partial charge is 0.362 e. The van der Waals surface area contributed by atoms with Crippen LogP contribution in [0.15, 0.2) is 12.4 Å². The van der Waals surface area contributed by atoms with E-state index in [1.807, 2.05) is 6.20 Å². The Kier molecular flexibility index (Phi) is 6.69. The van der Waals surface area contributed by atoms with Crippen LogP contribution in [0.2, 0.25) is 18.1 Å². The summed E-state index contributed by atoms with van der Waals surface area (Å²) in [5, 5.41) is 0. The van der Waals surface area contributed by atoms with Crippen LogP contribution >= 0.6 is 0 Å². The van der Waals surface area contributed by atoms with Crippen LogP contribution in [0.1, 0.15) is 59.2 Å². The van der Waals surface area contributed by atoms with E-state index in [4.69, 9.17) is 0 Å². The predicted octanol–water partition coefficient (Wildman–Crippen LogP) is 4.86. The summed E-state index contributed by atoms with van der Waals surface area (Å²) in [5.74, 6) is 1.35. The molecule has 0 aliphatic carbocycles. The fourth-order valence-electron chi connectivity index (χ4n) is 3.31. The topological polar surface area (TPSA) is 17.8 Å². The Labute approximate surface area is 114 Å². The zero-order valence-corrected chi connectivity index (χ0v) is 13.7. The lowest BCUT2D eigenvalue weighted by Crippen LogP contribution is -2.43. The van der Waals surface area contributed by atoms with Crippen LogP contribution in [0, 0.1) is 0 Å². The minimum Gasteiger partial charge on any atom is -0.362 e. The van der Waals surface area contributed by atoms with Gasteiger partial charge in [0.25, 0.3) is 0 Å². The van der Waals surface area contributed by atoms with Gasteiger partial charge in [-0.25, -0.2) is 4.98 Å². The Morgan fingerprint density at radius 3 is 1.94 bits per heavy atom. The van der Waals surface area contributed by atoms with E-state index >= 15 is 0 Å². The second-order valence-electron chi connectivity index (χ2n) is 5.44. The molecule has 0 saturated carbocycles. The summed E-state index contributed by atoms with van der Waals surface area (Å²) in [7, 11) is -1.35. The SMILES string of the molecule is CCCc1nccn1[Si](CCC)(CCC)CCC. The van der Waals surface area contributed by atoms with Gasteiger partial charge in [-0.2, -0.15) is 0 Å². The maximum Gasteiger partial charge on any atom is 0.163 e. The molecule has 0 radical (unpaired) electrons. The van der Waals surface area contributed by atoms with E-state index < -0.39 is 8.24 Å². The Bertz CT molecular complexity index is 316. The number of nitrogens with zero attached hydrogens (tertiary/aromatic N) is 2. The van der Waals surface area contributed by atoms with E-state index in [0.29, 0.717) is 0 Å². The molecular formula is C15H30N2Si. The highest BCUT2D eigenvalue weighted by molar-refractivity contribution is 6.78. The van der Waals surface area contributed by atoms with Crippen molar-refractivity contribution >= 4 is 8.24 Å². The van der Waals surface area contributed by atoms with Crippen molar-refractivity contribution in [2.24, 2.45) is 0 Å². The Balaban J connectivity index is 3.08. The van der Waals surface area contributed by atoms with Crippen LogP contribution in [0.4, 0.5) is 0 Å². The van der Waals surface area contributed by atoms with Crippen molar-refractivity contribution in [3.8, 4) is 0 Å². The molecule has 0 spiro atoms. The minimum absolute atomic E-state index is 1.14. The monoisotopic (exact) mass is 266 g/mol. The van der Waals surface area contributed by atoms with Gasteiger partial charge in [0.05, 0.1) is 0 Å². The van der Waals surface area contributed by atoms with Crippen molar-refractivity contribution in [1.82, 2.24) is 9.22 Å². The van der Waals surface area contributed by atoms with Gasteiger partial charge < -0.3 is 4.23 Å². The van der Waals surface area contributed by atoms with Gasteiger partial charge >= 0.3 is 0 Å². The molecule has 0 aliphatic heterocycles. The first-order valence-electron chi connectivity index (χ1n) is 7.76. The third-order valence-electron chi connectivity index (χ3n) is 3.85. The summed E-state index contributed by atoms with van der Waals surface area (Å²) in [4.78, 5) is 4.62. The molecule has 18 heavy (non-hydrogen) atoms. The van der Waals surface area contributed by atoms with Gasteiger partial charge in [-0.05, 0) is 24.6 Å². The van der Waals surface area contributed by atoms with Crippen molar-refractivity contribution in [3.63, 3.8) is 0 Å². The van der Waals surface area contributed by atoms with Crippen LogP contribution in [-0.2, 0) is 6.42 Å². The summed E-state index contributed by atoms with van der Waals surface area (Å²) in [6.07, 6.45) is 10.6. The summed E-state index contributed by atoms with van der Waals surface area (Å²) in [6, 6.07) is 4.26. The van der Waals surface area contributed by atoms with Crippen LogP contribution in [0.5, 0.6) is 0 Å². The standard InChI is InChI=1S/C15H30N2Si/c1-5-9-15-16-10-11-17(15)18(12-6-2,13-7-3)14-8-4/h10-11H,5-9,12-14H2,1-4H3. The molecule has 1 heterocycles. The smallest absolute Gasteiger partial charge is 0.163 e. The third-order valence-corrected chi connectivity index (χ3v) is 9.57. The molecular weight excluding hydrogens is 236 g/mol.